The third-order valence-corrected chi connectivity index (χ3v) is 3.61. The minimum Gasteiger partial charge on any atom is -0.388 e. The van der Waals surface area contributed by atoms with Crippen molar-refractivity contribution < 1.29 is 5.11 Å². The topological polar surface area (TPSA) is 20.2 Å². The molecule has 0 aliphatic heterocycles. The van der Waals surface area contributed by atoms with Crippen LogP contribution in [0.4, 0.5) is 0 Å². The van der Waals surface area contributed by atoms with Gasteiger partial charge in [0, 0.05) is 0 Å². The Labute approximate surface area is 94.6 Å². The molecule has 1 rings (SSSR count). The van der Waals surface area contributed by atoms with Gasteiger partial charge in [0.2, 0.25) is 0 Å². The van der Waals surface area contributed by atoms with Crippen LogP contribution in [0.15, 0.2) is 11.6 Å². The van der Waals surface area contributed by atoms with E-state index in [1.807, 2.05) is 0 Å². The van der Waals surface area contributed by atoms with E-state index in [9.17, 15) is 5.11 Å². The molecule has 0 saturated heterocycles. The smallest absolute Gasteiger partial charge is 0.0773 e. The van der Waals surface area contributed by atoms with Crippen LogP contribution in [0.5, 0.6) is 0 Å². The first-order valence-electron chi connectivity index (χ1n) is 6.51. The summed E-state index contributed by atoms with van der Waals surface area (Å²) in [5.74, 6) is 1.17. The highest BCUT2D eigenvalue weighted by molar-refractivity contribution is 5.12. The van der Waals surface area contributed by atoms with Gasteiger partial charge in [0.05, 0.1) is 6.10 Å². The van der Waals surface area contributed by atoms with Gasteiger partial charge in [-0.25, -0.2) is 0 Å². The Balaban J connectivity index is 2.31. The van der Waals surface area contributed by atoms with Crippen molar-refractivity contribution in [1.82, 2.24) is 0 Å². The molecule has 0 fully saturated rings. The van der Waals surface area contributed by atoms with Gasteiger partial charge >= 0.3 is 0 Å². The molecule has 0 aromatic carbocycles. The first kappa shape index (κ1) is 12.8. The number of allylic oxidation sites excluding steroid dienone is 1. The minimum atomic E-state index is -0.183. The predicted octanol–water partition coefficient (Wildman–Crippen LogP) is 3.92. The third kappa shape index (κ3) is 3.98. The van der Waals surface area contributed by atoms with Crippen molar-refractivity contribution in [2.24, 2.45) is 11.8 Å². The second-order valence-electron chi connectivity index (χ2n) is 5.18. The van der Waals surface area contributed by atoms with E-state index in [1.54, 1.807) is 0 Å². The van der Waals surface area contributed by atoms with Gasteiger partial charge in [0.1, 0.15) is 0 Å². The maximum absolute atomic E-state index is 9.81. The highest BCUT2D eigenvalue weighted by atomic mass is 16.3. The number of aliphatic hydroxyl groups is 1. The van der Waals surface area contributed by atoms with E-state index in [0.717, 1.165) is 5.92 Å². The lowest BCUT2D eigenvalue weighted by atomic mass is 9.79. The molecule has 1 aliphatic carbocycles. The van der Waals surface area contributed by atoms with Crippen molar-refractivity contribution in [1.29, 1.82) is 0 Å². The molecule has 0 bridgehead atoms. The van der Waals surface area contributed by atoms with Crippen molar-refractivity contribution >= 4 is 0 Å². The lowest BCUT2D eigenvalue weighted by Gasteiger charge is -2.29. The molecule has 0 aromatic rings. The summed E-state index contributed by atoms with van der Waals surface area (Å²) >= 11 is 0. The summed E-state index contributed by atoms with van der Waals surface area (Å²) in [6.45, 7) is 6.49. The average Bonchev–Trinajstić information content (AvgIpc) is 2.21. The molecule has 1 heteroatoms. The van der Waals surface area contributed by atoms with E-state index >= 15 is 0 Å². The van der Waals surface area contributed by atoms with E-state index in [4.69, 9.17) is 0 Å². The maximum Gasteiger partial charge on any atom is 0.0773 e. The van der Waals surface area contributed by atoms with E-state index in [2.05, 4.69) is 26.8 Å². The zero-order valence-corrected chi connectivity index (χ0v) is 10.5. The van der Waals surface area contributed by atoms with Gasteiger partial charge in [0.15, 0.2) is 0 Å². The van der Waals surface area contributed by atoms with Crippen molar-refractivity contribution in [2.75, 3.05) is 0 Å². The lowest BCUT2D eigenvalue weighted by Crippen LogP contribution is -2.26. The van der Waals surface area contributed by atoms with Gasteiger partial charge in [-0.1, -0.05) is 45.6 Å². The molecular formula is C14H26O. The average molecular weight is 210 g/mol. The van der Waals surface area contributed by atoms with Gasteiger partial charge in [-0.3, -0.25) is 0 Å². The highest BCUT2D eigenvalue weighted by Crippen LogP contribution is 2.31. The van der Waals surface area contributed by atoms with E-state index in [1.165, 1.54) is 44.1 Å². The van der Waals surface area contributed by atoms with Gasteiger partial charge < -0.3 is 5.11 Å². The summed E-state index contributed by atoms with van der Waals surface area (Å²) in [7, 11) is 0. The first-order valence-corrected chi connectivity index (χ1v) is 6.51. The number of hydrogen-bond donors (Lipinski definition) is 1. The molecule has 3 atom stereocenters. The van der Waals surface area contributed by atoms with Crippen molar-refractivity contribution in [3.05, 3.63) is 11.6 Å². The Hall–Kier alpha value is -0.300. The summed E-state index contributed by atoms with van der Waals surface area (Å²) < 4.78 is 0. The standard InChI is InChI=1S/C14H26O/c1-4-5-6-7-8-13-9-11(2)14(15)12(3)10-13/h9,12-15H,4-8,10H2,1-3H3. The Kier molecular flexibility index (Phi) is 5.38. The Morgan fingerprint density at radius 1 is 1.33 bits per heavy atom. The summed E-state index contributed by atoms with van der Waals surface area (Å²) in [6, 6.07) is 0. The van der Waals surface area contributed by atoms with Crippen molar-refractivity contribution in [3.63, 3.8) is 0 Å². The second-order valence-corrected chi connectivity index (χ2v) is 5.18. The molecule has 0 aromatic heterocycles. The van der Waals surface area contributed by atoms with E-state index in [-0.39, 0.29) is 6.10 Å². The van der Waals surface area contributed by atoms with Crippen molar-refractivity contribution in [3.8, 4) is 0 Å². The Morgan fingerprint density at radius 3 is 2.67 bits per heavy atom. The molecule has 0 saturated carbocycles. The quantitative estimate of drug-likeness (QED) is 0.538. The summed E-state index contributed by atoms with van der Waals surface area (Å²) in [4.78, 5) is 0. The Morgan fingerprint density at radius 2 is 2.07 bits per heavy atom. The number of hydrogen-bond acceptors (Lipinski definition) is 1. The third-order valence-electron chi connectivity index (χ3n) is 3.61. The molecule has 0 spiro atoms. The minimum absolute atomic E-state index is 0.183. The summed E-state index contributed by atoms with van der Waals surface area (Å²) in [5.41, 5.74) is 1.19. The zero-order valence-electron chi connectivity index (χ0n) is 10.5. The molecule has 15 heavy (non-hydrogen) atoms. The molecule has 1 N–H and O–H groups in total. The fourth-order valence-electron chi connectivity index (χ4n) is 2.63. The number of unbranched alkanes of at least 4 members (excludes halogenated alkanes) is 3. The fourth-order valence-corrected chi connectivity index (χ4v) is 2.63. The van der Waals surface area contributed by atoms with Crippen LogP contribution in [0.2, 0.25) is 0 Å². The molecule has 0 amide bonds. The largest absolute Gasteiger partial charge is 0.388 e. The zero-order chi connectivity index (χ0) is 11.3. The van der Waals surface area contributed by atoms with E-state index in [0.29, 0.717) is 5.92 Å². The molecule has 0 heterocycles. The monoisotopic (exact) mass is 210 g/mol. The second kappa shape index (κ2) is 6.32. The van der Waals surface area contributed by atoms with Crippen LogP contribution in [0.1, 0.15) is 59.3 Å². The van der Waals surface area contributed by atoms with Crippen LogP contribution in [-0.4, -0.2) is 11.2 Å². The van der Waals surface area contributed by atoms with Crippen LogP contribution >= 0.6 is 0 Å². The van der Waals surface area contributed by atoms with Crippen LogP contribution in [0.25, 0.3) is 0 Å². The molecule has 1 aliphatic rings. The Bertz CT molecular complexity index is 207. The molecule has 3 unspecified atom stereocenters. The predicted molar refractivity (Wildman–Crippen MR) is 65.8 cm³/mol. The van der Waals surface area contributed by atoms with Crippen molar-refractivity contribution in [2.45, 2.75) is 65.4 Å². The number of rotatable bonds is 5. The van der Waals surface area contributed by atoms with Crippen LogP contribution < -0.4 is 0 Å². The lowest BCUT2D eigenvalue weighted by molar-refractivity contribution is 0.125. The normalized spacial score (nSPS) is 31.5. The summed E-state index contributed by atoms with van der Waals surface area (Å²) in [5, 5.41) is 9.81. The van der Waals surface area contributed by atoms with Gasteiger partial charge in [-0.15, -0.1) is 0 Å². The molecule has 0 radical (unpaired) electrons. The van der Waals surface area contributed by atoms with E-state index < -0.39 is 0 Å². The van der Waals surface area contributed by atoms with Crippen LogP contribution in [-0.2, 0) is 0 Å². The molecule has 1 nitrogen and oxygen atoms in total. The van der Waals surface area contributed by atoms with Gasteiger partial charge in [-0.05, 0) is 37.2 Å². The fraction of sp³-hybridized carbons (Fsp3) is 0.857. The molecular weight excluding hydrogens is 184 g/mol. The van der Waals surface area contributed by atoms with Gasteiger partial charge in [-0.2, -0.15) is 0 Å². The van der Waals surface area contributed by atoms with Crippen LogP contribution in [0, 0.1) is 11.8 Å². The maximum atomic E-state index is 9.81. The highest BCUT2D eigenvalue weighted by Gasteiger charge is 2.24. The number of aliphatic hydroxyl groups excluding tert-OH is 1. The SMILES string of the molecule is CCCCCCC1C=C(C)C(O)C(C)C1. The van der Waals surface area contributed by atoms with Gasteiger partial charge in [0.25, 0.3) is 0 Å². The molecule has 88 valence electrons. The first-order chi connectivity index (χ1) is 7.15. The summed E-state index contributed by atoms with van der Waals surface area (Å²) in [6.07, 6.45) is 10.0. The van der Waals surface area contributed by atoms with Crippen LogP contribution in [0.3, 0.4) is 0 Å².